The maximum absolute atomic E-state index is 11.7. The van der Waals surface area contributed by atoms with E-state index in [-0.39, 0.29) is 0 Å². The SMILES string of the molecule is CC(O)(F)C(F)CF. The third-order valence-corrected chi connectivity index (χ3v) is 0.707. The lowest BCUT2D eigenvalue weighted by atomic mass is 10.2. The molecule has 0 aliphatic heterocycles. The topological polar surface area (TPSA) is 20.2 Å². The van der Waals surface area contributed by atoms with E-state index in [0.717, 1.165) is 0 Å². The lowest BCUT2D eigenvalue weighted by molar-refractivity contribution is -0.132. The van der Waals surface area contributed by atoms with Crippen molar-refractivity contribution in [3.05, 3.63) is 0 Å². The Morgan fingerprint density at radius 2 is 2.12 bits per heavy atom. The summed E-state index contributed by atoms with van der Waals surface area (Å²) >= 11 is 0. The zero-order valence-corrected chi connectivity index (χ0v) is 4.37. The molecule has 2 atom stereocenters. The maximum Gasteiger partial charge on any atom is 0.238 e. The molecule has 0 aliphatic rings. The fraction of sp³-hybridized carbons (Fsp3) is 1.00. The van der Waals surface area contributed by atoms with Crippen LogP contribution in [-0.4, -0.2) is 23.8 Å². The predicted octanol–water partition coefficient (Wildman–Crippen LogP) is 0.972. The average Bonchev–Trinajstić information content (AvgIpc) is 1.62. The zero-order chi connectivity index (χ0) is 6.78. The van der Waals surface area contributed by atoms with Crippen molar-refractivity contribution in [2.75, 3.05) is 6.67 Å². The summed E-state index contributed by atoms with van der Waals surface area (Å²) in [4.78, 5) is 0. The summed E-state index contributed by atoms with van der Waals surface area (Å²) in [6.45, 7) is -0.930. The Labute approximate surface area is 45.1 Å². The van der Waals surface area contributed by atoms with Crippen LogP contribution in [0.2, 0.25) is 0 Å². The Morgan fingerprint density at radius 1 is 1.75 bits per heavy atom. The summed E-state index contributed by atoms with van der Waals surface area (Å²) in [5, 5.41) is 8.00. The minimum atomic E-state index is -3.03. The molecular weight excluding hydrogens is 121 g/mol. The van der Waals surface area contributed by atoms with E-state index in [1.165, 1.54) is 0 Å². The van der Waals surface area contributed by atoms with Crippen LogP contribution in [0.3, 0.4) is 0 Å². The van der Waals surface area contributed by atoms with Gasteiger partial charge in [0.1, 0.15) is 6.67 Å². The van der Waals surface area contributed by atoms with Crippen molar-refractivity contribution in [2.45, 2.75) is 19.0 Å². The van der Waals surface area contributed by atoms with Gasteiger partial charge in [-0.25, -0.2) is 13.2 Å². The van der Waals surface area contributed by atoms with Gasteiger partial charge in [-0.2, -0.15) is 0 Å². The molecule has 0 saturated carbocycles. The van der Waals surface area contributed by atoms with Crippen molar-refractivity contribution in [3.63, 3.8) is 0 Å². The minimum Gasteiger partial charge on any atom is -0.360 e. The quantitative estimate of drug-likeness (QED) is 0.587. The molecule has 0 bridgehead atoms. The molecule has 0 aromatic rings. The van der Waals surface area contributed by atoms with Crippen LogP contribution in [0.15, 0.2) is 0 Å². The van der Waals surface area contributed by atoms with E-state index in [1.54, 1.807) is 0 Å². The molecule has 0 rings (SSSR count). The molecule has 0 aromatic heterocycles. The lowest BCUT2D eigenvalue weighted by Gasteiger charge is -2.13. The first-order chi connectivity index (χ1) is 3.48. The molecule has 0 radical (unpaired) electrons. The van der Waals surface area contributed by atoms with Crippen LogP contribution in [0.4, 0.5) is 13.2 Å². The van der Waals surface area contributed by atoms with E-state index in [0.29, 0.717) is 6.92 Å². The first-order valence-corrected chi connectivity index (χ1v) is 2.09. The third kappa shape index (κ3) is 2.16. The minimum absolute atomic E-state index is 0.567. The molecule has 1 N–H and O–H groups in total. The molecule has 1 nitrogen and oxygen atoms in total. The molecule has 0 fully saturated rings. The van der Waals surface area contributed by atoms with Gasteiger partial charge in [-0.3, -0.25) is 0 Å². The highest BCUT2D eigenvalue weighted by atomic mass is 19.2. The van der Waals surface area contributed by atoms with Crippen LogP contribution in [0, 0.1) is 0 Å². The van der Waals surface area contributed by atoms with Gasteiger partial charge >= 0.3 is 0 Å². The van der Waals surface area contributed by atoms with Crippen molar-refractivity contribution in [2.24, 2.45) is 0 Å². The van der Waals surface area contributed by atoms with Crippen LogP contribution in [-0.2, 0) is 0 Å². The van der Waals surface area contributed by atoms with Crippen LogP contribution < -0.4 is 0 Å². The van der Waals surface area contributed by atoms with Crippen molar-refractivity contribution in [1.29, 1.82) is 0 Å². The standard InChI is InChI=1S/C4H7F3O/c1-4(7,8)3(6)2-5/h3,8H,2H2,1H3. The number of rotatable bonds is 2. The second-order valence-corrected chi connectivity index (χ2v) is 1.65. The summed E-state index contributed by atoms with van der Waals surface area (Å²) < 4.78 is 34.5. The highest BCUT2D eigenvalue weighted by Gasteiger charge is 2.31. The summed E-state index contributed by atoms with van der Waals surface area (Å²) in [6.07, 6.45) is -2.43. The largest absolute Gasteiger partial charge is 0.360 e. The molecule has 4 heteroatoms. The van der Waals surface area contributed by atoms with Gasteiger partial charge in [0.15, 0.2) is 6.17 Å². The van der Waals surface area contributed by atoms with Gasteiger partial charge in [0, 0.05) is 0 Å². The fourth-order valence-corrected chi connectivity index (χ4v) is 0.141. The molecule has 0 saturated heterocycles. The van der Waals surface area contributed by atoms with E-state index in [1.807, 2.05) is 0 Å². The van der Waals surface area contributed by atoms with Gasteiger partial charge < -0.3 is 5.11 Å². The van der Waals surface area contributed by atoms with Gasteiger partial charge in [0.2, 0.25) is 5.85 Å². The molecule has 8 heavy (non-hydrogen) atoms. The monoisotopic (exact) mass is 128 g/mol. The summed E-state index contributed by atoms with van der Waals surface area (Å²) in [7, 11) is 0. The lowest BCUT2D eigenvalue weighted by Crippen LogP contribution is -2.32. The van der Waals surface area contributed by atoms with Crippen LogP contribution in [0.1, 0.15) is 6.92 Å². The first-order valence-electron chi connectivity index (χ1n) is 2.09. The second-order valence-electron chi connectivity index (χ2n) is 1.65. The summed E-state index contributed by atoms with van der Waals surface area (Å²) in [5.74, 6) is -3.03. The molecule has 0 aliphatic carbocycles. The number of halogens is 3. The molecule has 2 unspecified atom stereocenters. The van der Waals surface area contributed by atoms with E-state index in [2.05, 4.69) is 0 Å². The van der Waals surface area contributed by atoms with Crippen molar-refractivity contribution >= 4 is 0 Å². The normalized spacial score (nSPS) is 22.1. The Hall–Kier alpha value is -0.250. The van der Waals surface area contributed by atoms with Gasteiger partial charge in [0.05, 0.1) is 0 Å². The number of aliphatic hydroxyl groups is 1. The van der Waals surface area contributed by atoms with Crippen LogP contribution in [0.5, 0.6) is 0 Å². The Balaban J connectivity index is 3.62. The summed E-state index contributed by atoms with van der Waals surface area (Å²) in [6, 6.07) is 0. The molecule has 0 amide bonds. The van der Waals surface area contributed by atoms with Gasteiger partial charge in [0.25, 0.3) is 0 Å². The third-order valence-electron chi connectivity index (χ3n) is 0.707. The van der Waals surface area contributed by atoms with Crippen molar-refractivity contribution < 1.29 is 18.3 Å². The average molecular weight is 128 g/mol. The first kappa shape index (κ1) is 7.75. The molecule has 0 spiro atoms. The maximum atomic E-state index is 11.7. The molecule has 0 heterocycles. The predicted molar refractivity (Wildman–Crippen MR) is 22.6 cm³/mol. The van der Waals surface area contributed by atoms with Gasteiger partial charge in [-0.1, -0.05) is 0 Å². The van der Waals surface area contributed by atoms with E-state index < -0.39 is 18.7 Å². The van der Waals surface area contributed by atoms with E-state index >= 15 is 0 Å². The highest BCUT2D eigenvalue weighted by Crippen LogP contribution is 2.14. The zero-order valence-electron chi connectivity index (χ0n) is 4.37. The van der Waals surface area contributed by atoms with Gasteiger partial charge in [-0.05, 0) is 6.92 Å². The van der Waals surface area contributed by atoms with Gasteiger partial charge in [-0.15, -0.1) is 0 Å². The van der Waals surface area contributed by atoms with E-state index in [9.17, 15) is 13.2 Å². The van der Waals surface area contributed by atoms with Crippen molar-refractivity contribution in [1.82, 2.24) is 0 Å². The summed E-state index contributed by atoms with van der Waals surface area (Å²) in [5.41, 5.74) is 0. The van der Waals surface area contributed by atoms with Crippen LogP contribution >= 0.6 is 0 Å². The number of hydrogen-bond acceptors (Lipinski definition) is 1. The Bertz CT molecular complexity index is 68.2. The highest BCUT2D eigenvalue weighted by molar-refractivity contribution is 4.68. The Morgan fingerprint density at radius 3 is 2.12 bits per heavy atom. The number of hydrogen-bond donors (Lipinski definition) is 1. The molecule has 0 aromatic carbocycles. The molecule has 50 valence electrons. The number of alkyl halides is 3. The van der Waals surface area contributed by atoms with Crippen molar-refractivity contribution in [3.8, 4) is 0 Å². The van der Waals surface area contributed by atoms with Crippen LogP contribution in [0.25, 0.3) is 0 Å². The molecular formula is C4H7F3O. The second kappa shape index (κ2) is 2.35. The Kier molecular flexibility index (Phi) is 2.27. The smallest absolute Gasteiger partial charge is 0.238 e. The fourth-order valence-electron chi connectivity index (χ4n) is 0.141. The van der Waals surface area contributed by atoms with E-state index in [4.69, 9.17) is 5.11 Å².